The number of pyridine rings is 1. The van der Waals surface area contributed by atoms with Gasteiger partial charge >= 0.3 is 0 Å². The van der Waals surface area contributed by atoms with Gasteiger partial charge in [0.2, 0.25) is 5.88 Å². The standard InChI is InChI=1S/C21H15Cl2N3O2/c1-28-21-19(16(23)7-8-24-21)18-10-12-5-6-15(11-17(12)26-18)25-20(27)13-3-2-4-14(22)9-13/h2-11,26H,1H3,(H,25,27). The Kier molecular flexibility index (Phi) is 4.94. The van der Waals surface area contributed by atoms with Gasteiger partial charge < -0.3 is 15.0 Å². The van der Waals surface area contributed by atoms with Gasteiger partial charge in [0.25, 0.3) is 5.91 Å². The number of amides is 1. The summed E-state index contributed by atoms with van der Waals surface area (Å²) in [5.41, 5.74) is 3.47. The second-order valence-corrected chi connectivity index (χ2v) is 6.97. The predicted octanol–water partition coefficient (Wildman–Crippen LogP) is 5.80. The van der Waals surface area contributed by atoms with Crippen LogP contribution in [0.2, 0.25) is 10.0 Å². The third-order valence-corrected chi connectivity index (χ3v) is 4.85. The van der Waals surface area contributed by atoms with E-state index in [2.05, 4.69) is 15.3 Å². The number of carbonyl (C=O) groups excluding carboxylic acids is 1. The normalized spacial score (nSPS) is 10.8. The van der Waals surface area contributed by atoms with E-state index in [-0.39, 0.29) is 5.91 Å². The Labute approximate surface area is 171 Å². The first-order chi connectivity index (χ1) is 13.5. The van der Waals surface area contributed by atoms with Crippen molar-refractivity contribution in [1.82, 2.24) is 9.97 Å². The van der Waals surface area contributed by atoms with Gasteiger partial charge in [-0.05, 0) is 42.5 Å². The SMILES string of the molecule is COc1nccc(Cl)c1-c1cc2ccc(NC(=O)c3cccc(Cl)c3)cc2[nH]1. The van der Waals surface area contributed by atoms with Gasteiger partial charge in [0, 0.05) is 33.4 Å². The number of rotatable bonds is 4. The van der Waals surface area contributed by atoms with Crippen molar-refractivity contribution in [3.8, 4) is 17.1 Å². The average molecular weight is 412 g/mol. The largest absolute Gasteiger partial charge is 0.480 e. The first-order valence-electron chi connectivity index (χ1n) is 8.44. The van der Waals surface area contributed by atoms with E-state index < -0.39 is 0 Å². The van der Waals surface area contributed by atoms with Gasteiger partial charge in [-0.1, -0.05) is 35.3 Å². The Morgan fingerprint density at radius 3 is 2.75 bits per heavy atom. The minimum atomic E-state index is -0.231. The van der Waals surface area contributed by atoms with Crippen molar-refractivity contribution in [2.24, 2.45) is 0 Å². The number of ether oxygens (including phenoxy) is 1. The Bertz CT molecular complexity index is 1190. The summed E-state index contributed by atoms with van der Waals surface area (Å²) in [5, 5.41) is 4.90. The summed E-state index contributed by atoms with van der Waals surface area (Å²) in [6.45, 7) is 0. The fourth-order valence-corrected chi connectivity index (χ4v) is 3.42. The maximum Gasteiger partial charge on any atom is 0.255 e. The molecule has 0 aliphatic rings. The third-order valence-electron chi connectivity index (χ3n) is 4.30. The molecule has 0 spiro atoms. The molecule has 0 aliphatic carbocycles. The quantitative estimate of drug-likeness (QED) is 0.445. The van der Waals surface area contributed by atoms with Crippen molar-refractivity contribution in [1.29, 1.82) is 0 Å². The third kappa shape index (κ3) is 3.54. The van der Waals surface area contributed by atoms with Crippen LogP contribution in [0.15, 0.2) is 60.8 Å². The van der Waals surface area contributed by atoms with Crippen LogP contribution >= 0.6 is 23.2 Å². The highest BCUT2D eigenvalue weighted by molar-refractivity contribution is 6.33. The molecule has 4 aromatic rings. The van der Waals surface area contributed by atoms with E-state index >= 15 is 0 Å². The Balaban J connectivity index is 1.67. The fraction of sp³-hybridized carbons (Fsp3) is 0.0476. The van der Waals surface area contributed by atoms with Gasteiger partial charge in [-0.25, -0.2) is 4.98 Å². The van der Waals surface area contributed by atoms with Crippen LogP contribution in [0, 0.1) is 0 Å². The first kappa shape index (κ1) is 18.3. The number of carbonyl (C=O) groups is 1. The number of nitrogens with zero attached hydrogens (tertiary/aromatic N) is 1. The Hall–Kier alpha value is -3.02. The molecule has 2 N–H and O–H groups in total. The molecule has 0 radical (unpaired) electrons. The molecule has 2 heterocycles. The number of H-pyrrole nitrogens is 1. The van der Waals surface area contributed by atoms with Crippen molar-refractivity contribution in [3.05, 3.63) is 76.4 Å². The summed E-state index contributed by atoms with van der Waals surface area (Å²) >= 11 is 12.3. The number of nitrogens with one attached hydrogen (secondary N) is 2. The molecule has 7 heteroatoms. The van der Waals surface area contributed by atoms with Gasteiger partial charge in [0.05, 0.1) is 23.4 Å². The van der Waals surface area contributed by atoms with Crippen molar-refractivity contribution >= 4 is 45.7 Å². The van der Waals surface area contributed by atoms with Crippen molar-refractivity contribution in [3.63, 3.8) is 0 Å². The van der Waals surface area contributed by atoms with Gasteiger partial charge in [-0.15, -0.1) is 0 Å². The van der Waals surface area contributed by atoms with Crippen LogP contribution in [0.5, 0.6) is 5.88 Å². The van der Waals surface area contributed by atoms with Gasteiger partial charge in [-0.2, -0.15) is 0 Å². The predicted molar refractivity (Wildman–Crippen MR) is 112 cm³/mol. The van der Waals surface area contributed by atoms with E-state index in [1.165, 1.54) is 0 Å². The van der Waals surface area contributed by atoms with Gasteiger partial charge in [0.15, 0.2) is 0 Å². The Morgan fingerprint density at radius 1 is 1.11 bits per heavy atom. The molecule has 0 saturated carbocycles. The highest BCUT2D eigenvalue weighted by Crippen LogP contribution is 2.36. The van der Waals surface area contributed by atoms with E-state index in [0.717, 1.165) is 16.6 Å². The lowest BCUT2D eigenvalue weighted by Gasteiger charge is -2.07. The zero-order valence-electron chi connectivity index (χ0n) is 14.8. The van der Waals surface area contributed by atoms with Crippen LogP contribution in [0.1, 0.15) is 10.4 Å². The molecule has 1 amide bonds. The zero-order valence-corrected chi connectivity index (χ0v) is 16.3. The molecule has 2 aromatic heterocycles. The second-order valence-electron chi connectivity index (χ2n) is 6.13. The van der Waals surface area contributed by atoms with Crippen molar-refractivity contribution in [2.75, 3.05) is 12.4 Å². The highest BCUT2D eigenvalue weighted by atomic mass is 35.5. The molecule has 5 nitrogen and oxygen atoms in total. The molecule has 28 heavy (non-hydrogen) atoms. The summed E-state index contributed by atoms with van der Waals surface area (Å²) < 4.78 is 5.33. The number of hydrogen-bond donors (Lipinski definition) is 2. The molecule has 0 unspecified atom stereocenters. The second kappa shape index (κ2) is 7.54. The molecule has 0 saturated heterocycles. The maximum absolute atomic E-state index is 12.4. The van der Waals surface area contributed by atoms with Crippen molar-refractivity contribution in [2.45, 2.75) is 0 Å². The average Bonchev–Trinajstić information content (AvgIpc) is 3.10. The number of halogens is 2. The molecule has 4 rings (SSSR count). The minimum Gasteiger partial charge on any atom is -0.480 e. The fourth-order valence-electron chi connectivity index (χ4n) is 2.99. The minimum absolute atomic E-state index is 0.231. The molecule has 140 valence electrons. The lowest BCUT2D eigenvalue weighted by atomic mass is 10.1. The van der Waals surface area contributed by atoms with Crippen LogP contribution in [0.4, 0.5) is 5.69 Å². The summed E-state index contributed by atoms with van der Waals surface area (Å²) in [7, 11) is 1.55. The summed E-state index contributed by atoms with van der Waals surface area (Å²) in [4.78, 5) is 20.0. The summed E-state index contributed by atoms with van der Waals surface area (Å²) in [5.74, 6) is 0.208. The van der Waals surface area contributed by atoms with E-state index in [0.29, 0.717) is 32.7 Å². The zero-order chi connectivity index (χ0) is 19.7. The number of hydrogen-bond acceptors (Lipinski definition) is 3. The summed E-state index contributed by atoms with van der Waals surface area (Å²) in [6, 6.07) is 16.1. The maximum atomic E-state index is 12.4. The Morgan fingerprint density at radius 2 is 1.96 bits per heavy atom. The van der Waals surface area contributed by atoms with Gasteiger partial charge in [0.1, 0.15) is 0 Å². The first-order valence-corrected chi connectivity index (χ1v) is 9.19. The number of anilines is 1. The molecular weight excluding hydrogens is 397 g/mol. The van der Waals surface area contributed by atoms with Gasteiger partial charge in [-0.3, -0.25) is 4.79 Å². The lowest BCUT2D eigenvalue weighted by molar-refractivity contribution is 0.102. The number of aromatic nitrogens is 2. The van der Waals surface area contributed by atoms with Crippen LogP contribution < -0.4 is 10.1 Å². The molecule has 2 aromatic carbocycles. The van der Waals surface area contributed by atoms with E-state index in [1.807, 2.05) is 24.3 Å². The molecule has 0 bridgehead atoms. The van der Waals surface area contributed by atoms with Crippen molar-refractivity contribution < 1.29 is 9.53 Å². The van der Waals surface area contributed by atoms with Crippen LogP contribution in [0.3, 0.4) is 0 Å². The summed E-state index contributed by atoms with van der Waals surface area (Å²) in [6.07, 6.45) is 1.59. The van der Waals surface area contributed by atoms with Crippen LogP contribution in [-0.4, -0.2) is 23.0 Å². The molecular formula is C21H15Cl2N3O2. The lowest BCUT2D eigenvalue weighted by Crippen LogP contribution is -2.11. The molecule has 0 aliphatic heterocycles. The topological polar surface area (TPSA) is 67.0 Å². The number of methoxy groups -OCH3 is 1. The van der Waals surface area contributed by atoms with E-state index in [4.69, 9.17) is 27.9 Å². The van der Waals surface area contributed by atoms with E-state index in [1.54, 1.807) is 43.6 Å². The molecule has 0 fully saturated rings. The van der Waals surface area contributed by atoms with Crippen LogP contribution in [-0.2, 0) is 0 Å². The number of fused-ring (bicyclic) bond motifs is 1. The highest BCUT2D eigenvalue weighted by Gasteiger charge is 2.15. The molecule has 0 atom stereocenters. The number of benzene rings is 2. The monoisotopic (exact) mass is 411 g/mol. The smallest absolute Gasteiger partial charge is 0.255 e. The van der Waals surface area contributed by atoms with E-state index in [9.17, 15) is 4.79 Å². The van der Waals surface area contributed by atoms with Crippen LogP contribution in [0.25, 0.3) is 22.2 Å². The number of aromatic amines is 1.